The minimum absolute atomic E-state index is 0.106. The van der Waals surface area contributed by atoms with Crippen LogP contribution in [0.4, 0.5) is 0 Å². The molecule has 0 aromatic heterocycles. The lowest BCUT2D eigenvalue weighted by atomic mass is 9.97. The van der Waals surface area contributed by atoms with Gasteiger partial charge in [-0.25, -0.2) is 0 Å². The van der Waals surface area contributed by atoms with Gasteiger partial charge in [-0.2, -0.15) is 0 Å². The first-order valence-electron chi connectivity index (χ1n) is 10.7. The van der Waals surface area contributed by atoms with Gasteiger partial charge < -0.3 is 19.6 Å². The van der Waals surface area contributed by atoms with Crippen molar-refractivity contribution in [2.45, 2.75) is 38.7 Å². The van der Waals surface area contributed by atoms with Gasteiger partial charge in [0.05, 0.1) is 13.3 Å². The number of carbonyl (C=O) groups is 1. The Morgan fingerprint density at radius 2 is 2.00 bits per heavy atom. The van der Waals surface area contributed by atoms with Crippen molar-refractivity contribution in [1.29, 1.82) is 0 Å². The van der Waals surface area contributed by atoms with Crippen LogP contribution in [-0.4, -0.2) is 32.4 Å². The zero-order valence-corrected chi connectivity index (χ0v) is 18.0. The van der Waals surface area contributed by atoms with Gasteiger partial charge in [0.2, 0.25) is 0 Å². The Morgan fingerprint density at radius 1 is 1.13 bits per heavy atom. The molecule has 0 saturated carbocycles. The standard InChI is InChI=1S/C25H30N2O4/c1-29-24-16-22(12-13-23(24)30-18-21-10-6-3-7-11-21)17-27-31-19-25(28)26-15-14-20-8-4-2-5-9-20/h3,6-8,10-13,16-17H,2,4-5,9,14-15,18-19H2,1H3,(H,26,28)/b27-17+. The molecule has 1 aliphatic rings. The van der Waals surface area contributed by atoms with Crippen molar-refractivity contribution in [3.63, 3.8) is 0 Å². The number of carbonyl (C=O) groups excluding carboxylic acids is 1. The van der Waals surface area contributed by atoms with Gasteiger partial charge >= 0.3 is 0 Å². The molecule has 2 aromatic carbocycles. The summed E-state index contributed by atoms with van der Waals surface area (Å²) < 4.78 is 11.3. The number of allylic oxidation sites excluding steroid dienone is 1. The molecular formula is C25H30N2O4. The Kier molecular flexibility index (Phi) is 8.98. The summed E-state index contributed by atoms with van der Waals surface area (Å²) in [7, 11) is 1.59. The SMILES string of the molecule is COc1cc(/C=N/OCC(=O)NCCC2=CCCCC2)ccc1OCc1ccccc1. The van der Waals surface area contributed by atoms with E-state index in [1.165, 1.54) is 18.4 Å². The molecule has 0 bridgehead atoms. The van der Waals surface area contributed by atoms with Crippen molar-refractivity contribution in [2.75, 3.05) is 20.3 Å². The van der Waals surface area contributed by atoms with Crippen LogP contribution in [0.1, 0.15) is 43.2 Å². The van der Waals surface area contributed by atoms with Crippen molar-refractivity contribution >= 4 is 12.1 Å². The highest BCUT2D eigenvalue weighted by Gasteiger charge is 2.07. The van der Waals surface area contributed by atoms with E-state index >= 15 is 0 Å². The molecule has 0 atom stereocenters. The normalized spacial score (nSPS) is 13.5. The topological polar surface area (TPSA) is 69.2 Å². The molecule has 164 valence electrons. The minimum Gasteiger partial charge on any atom is -0.493 e. The van der Waals surface area contributed by atoms with E-state index in [2.05, 4.69) is 16.5 Å². The van der Waals surface area contributed by atoms with Gasteiger partial charge in [-0.15, -0.1) is 0 Å². The highest BCUT2D eigenvalue weighted by molar-refractivity contribution is 5.81. The summed E-state index contributed by atoms with van der Waals surface area (Å²) in [6.07, 6.45) is 9.58. The molecule has 0 fully saturated rings. The Hall–Kier alpha value is -3.28. The number of nitrogens with zero attached hydrogens (tertiary/aromatic N) is 1. The van der Waals surface area contributed by atoms with E-state index in [9.17, 15) is 4.79 Å². The highest BCUT2D eigenvalue weighted by Crippen LogP contribution is 2.28. The van der Waals surface area contributed by atoms with Gasteiger partial charge in [-0.1, -0.05) is 47.1 Å². The van der Waals surface area contributed by atoms with E-state index in [-0.39, 0.29) is 12.5 Å². The molecule has 0 radical (unpaired) electrons. The van der Waals surface area contributed by atoms with Crippen LogP contribution < -0.4 is 14.8 Å². The van der Waals surface area contributed by atoms with E-state index in [1.54, 1.807) is 13.3 Å². The molecule has 3 rings (SSSR count). The second kappa shape index (κ2) is 12.4. The van der Waals surface area contributed by atoms with E-state index in [0.29, 0.717) is 24.7 Å². The number of benzene rings is 2. The molecule has 1 amide bonds. The molecule has 0 spiro atoms. The van der Waals surface area contributed by atoms with Crippen molar-refractivity contribution < 1.29 is 19.1 Å². The van der Waals surface area contributed by atoms with Gasteiger partial charge in [0.1, 0.15) is 6.61 Å². The first-order chi connectivity index (χ1) is 15.2. The molecule has 6 nitrogen and oxygen atoms in total. The van der Waals surface area contributed by atoms with Crippen LogP contribution in [0.5, 0.6) is 11.5 Å². The number of rotatable bonds is 11. The zero-order valence-electron chi connectivity index (χ0n) is 18.0. The van der Waals surface area contributed by atoms with Gasteiger partial charge in [0.15, 0.2) is 18.1 Å². The van der Waals surface area contributed by atoms with Crippen molar-refractivity contribution in [3.05, 3.63) is 71.3 Å². The minimum atomic E-state index is -0.171. The zero-order chi connectivity index (χ0) is 21.7. The lowest BCUT2D eigenvalue weighted by molar-refractivity contribution is -0.125. The molecule has 6 heteroatoms. The predicted octanol–water partition coefficient (Wildman–Crippen LogP) is 4.63. The lowest BCUT2D eigenvalue weighted by Gasteiger charge is -2.12. The fourth-order valence-corrected chi connectivity index (χ4v) is 3.36. The van der Waals surface area contributed by atoms with Crippen molar-refractivity contribution in [3.8, 4) is 11.5 Å². The van der Waals surface area contributed by atoms with Crippen molar-refractivity contribution in [2.24, 2.45) is 5.16 Å². The lowest BCUT2D eigenvalue weighted by Crippen LogP contribution is -2.28. The highest BCUT2D eigenvalue weighted by atomic mass is 16.6. The summed E-state index contributed by atoms with van der Waals surface area (Å²) in [5.74, 6) is 1.09. The Bertz CT molecular complexity index is 894. The average Bonchev–Trinajstić information content (AvgIpc) is 2.82. The van der Waals surface area contributed by atoms with Gasteiger partial charge in [0, 0.05) is 12.1 Å². The van der Waals surface area contributed by atoms with Crippen LogP contribution >= 0.6 is 0 Å². The maximum absolute atomic E-state index is 11.9. The average molecular weight is 423 g/mol. The largest absolute Gasteiger partial charge is 0.493 e. The number of hydrogen-bond donors (Lipinski definition) is 1. The third-order valence-electron chi connectivity index (χ3n) is 5.05. The van der Waals surface area contributed by atoms with Crippen LogP contribution in [-0.2, 0) is 16.2 Å². The smallest absolute Gasteiger partial charge is 0.260 e. The molecule has 0 aliphatic heterocycles. The quantitative estimate of drug-likeness (QED) is 0.326. The molecular weight excluding hydrogens is 392 g/mol. The Morgan fingerprint density at radius 3 is 2.77 bits per heavy atom. The monoisotopic (exact) mass is 422 g/mol. The molecule has 2 aromatic rings. The van der Waals surface area contributed by atoms with E-state index in [1.807, 2.05) is 48.5 Å². The number of methoxy groups -OCH3 is 1. The molecule has 0 unspecified atom stereocenters. The Labute approximate surface area is 183 Å². The second-order valence-electron chi connectivity index (χ2n) is 7.40. The molecule has 1 aliphatic carbocycles. The van der Waals surface area contributed by atoms with Crippen LogP contribution in [0.25, 0.3) is 0 Å². The third-order valence-corrected chi connectivity index (χ3v) is 5.05. The first kappa shape index (κ1) is 22.4. The number of ether oxygens (including phenoxy) is 2. The van der Waals surface area contributed by atoms with Gasteiger partial charge in [0.25, 0.3) is 5.91 Å². The fourth-order valence-electron chi connectivity index (χ4n) is 3.36. The summed E-state index contributed by atoms with van der Waals surface area (Å²) in [5, 5.41) is 6.75. The first-order valence-corrected chi connectivity index (χ1v) is 10.7. The summed E-state index contributed by atoms with van der Waals surface area (Å²) in [4.78, 5) is 17.0. The molecule has 1 N–H and O–H groups in total. The van der Waals surface area contributed by atoms with E-state index in [4.69, 9.17) is 14.3 Å². The predicted molar refractivity (Wildman–Crippen MR) is 121 cm³/mol. The summed E-state index contributed by atoms with van der Waals surface area (Å²) in [6.45, 7) is 0.991. The second-order valence-corrected chi connectivity index (χ2v) is 7.40. The number of nitrogens with one attached hydrogen (secondary N) is 1. The molecule has 0 heterocycles. The number of amides is 1. The molecule has 0 saturated heterocycles. The van der Waals surface area contributed by atoms with Crippen LogP contribution in [0.2, 0.25) is 0 Å². The van der Waals surface area contributed by atoms with Crippen LogP contribution in [0.15, 0.2) is 65.3 Å². The summed E-state index contributed by atoms with van der Waals surface area (Å²) in [5.41, 5.74) is 3.31. The third kappa shape index (κ3) is 7.81. The number of oxime groups is 1. The molecule has 31 heavy (non-hydrogen) atoms. The summed E-state index contributed by atoms with van der Waals surface area (Å²) >= 11 is 0. The van der Waals surface area contributed by atoms with Crippen LogP contribution in [0, 0.1) is 0 Å². The maximum Gasteiger partial charge on any atom is 0.260 e. The van der Waals surface area contributed by atoms with Crippen molar-refractivity contribution in [1.82, 2.24) is 5.32 Å². The van der Waals surface area contributed by atoms with Gasteiger partial charge in [-0.05, 0) is 55.9 Å². The maximum atomic E-state index is 11.9. The summed E-state index contributed by atoms with van der Waals surface area (Å²) in [6, 6.07) is 15.4. The Balaban J connectivity index is 1.40. The van der Waals surface area contributed by atoms with Gasteiger partial charge in [-0.3, -0.25) is 4.79 Å². The fraction of sp³-hybridized carbons (Fsp3) is 0.360. The van der Waals surface area contributed by atoms with E-state index in [0.717, 1.165) is 30.4 Å². The van der Waals surface area contributed by atoms with Crippen LogP contribution in [0.3, 0.4) is 0 Å². The number of hydrogen-bond acceptors (Lipinski definition) is 5. The van der Waals surface area contributed by atoms with E-state index < -0.39 is 0 Å².